The third kappa shape index (κ3) is 3.97. The molecular formula is C17H19N7O4S2. The van der Waals surface area contributed by atoms with E-state index in [1.807, 2.05) is 0 Å². The van der Waals surface area contributed by atoms with Crippen molar-refractivity contribution in [3.8, 4) is 22.5 Å². The summed E-state index contributed by atoms with van der Waals surface area (Å²) in [5.74, 6) is -0.0857. The van der Waals surface area contributed by atoms with E-state index in [0.29, 0.717) is 30.6 Å². The van der Waals surface area contributed by atoms with E-state index >= 15 is 0 Å². The smallest absolute Gasteiger partial charge is 0.242 e. The van der Waals surface area contributed by atoms with E-state index in [-0.39, 0.29) is 17.4 Å². The number of sulfonamides is 2. The van der Waals surface area contributed by atoms with E-state index in [2.05, 4.69) is 30.7 Å². The number of nitrogens with zero attached hydrogens (tertiary/aromatic N) is 3. The first kappa shape index (κ1) is 20.6. The molecule has 1 saturated heterocycles. The minimum Gasteiger partial charge on any atom is -0.315 e. The Morgan fingerprint density at radius 2 is 1.83 bits per heavy atom. The molecule has 4 rings (SSSR count). The van der Waals surface area contributed by atoms with E-state index in [1.165, 1.54) is 12.1 Å². The summed E-state index contributed by atoms with van der Waals surface area (Å²) in [6.07, 6.45) is 0.587. The predicted molar refractivity (Wildman–Crippen MR) is 108 cm³/mol. The van der Waals surface area contributed by atoms with Crippen molar-refractivity contribution in [3.63, 3.8) is 0 Å². The highest BCUT2D eigenvalue weighted by molar-refractivity contribution is 7.92. The average Bonchev–Trinajstić information content (AvgIpc) is 3.40. The summed E-state index contributed by atoms with van der Waals surface area (Å²) in [6.45, 7) is 1.11. The Bertz CT molecular complexity index is 1250. The van der Waals surface area contributed by atoms with Crippen LogP contribution in [-0.4, -0.2) is 56.6 Å². The molecule has 2 aromatic carbocycles. The second kappa shape index (κ2) is 7.85. The van der Waals surface area contributed by atoms with Crippen molar-refractivity contribution in [1.29, 1.82) is 0 Å². The fraction of sp³-hybridized carbons (Fsp3) is 0.235. The van der Waals surface area contributed by atoms with Crippen LogP contribution in [0.4, 0.5) is 0 Å². The third-order valence-corrected chi connectivity index (χ3v) is 7.42. The average molecular weight is 450 g/mol. The van der Waals surface area contributed by atoms with Crippen LogP contribution in [0, 0.1) is 0 Å². The minimum atomic E-state index is -4.49. The number of hydrogen-bond donors (Lipinski definition) is 4. The fourth-order valence-electron chi connectivity index (χ4n) is 3.44. The van der Waals surface area contributed by atoms with Gasteiger partial charge in [0, 0.05) is 12.6 Å². The molecule has 1 atom stereocenters. The van der Waals surface area contributed by atoms with Gasteiger partial charge in [0.25, 0.3) is 0 Å². The number of benzene rings is 2. The van der Waals surface area contributed by atoms with Crippen LogP contribution in [0.1, 0.15) is 6.42 Å². The van der Waals surface area contributed by atoms with Gasteiger partial charge >= 0.3 is 0 Å². The van der Waals surface area contributed by atoms with Crippen LogP contribution in [0.15, 0.2) is 52.3 Å². The molecule has 2 heterocycles. The van der Waals surface area contributed by atoms with Gasteiger partial charge in [-0.05, 0) is 35.4 Å². The second-order valence-corrected chi connectivity index (χ2v) is 9.95. The number of aromatic nitrogens is 4. The van der Waals surface area contributed by atoms with Crippen LogP contribution >= 0.6 is 0 Å². The first-order chi connectivity index (χ1) is 14.3. The standard InChI is InChI=1S/C17H19N7O4S2/c18-29(25,26)16-14(30(27,28)22-12-8-9-19-10-12)7-6-13(11-4-2-1-3-5-11)15(16)17-20-23-24-21-17/h1-7,12,19,22H,8-10H2,(H2,18,25,26)(H,20,21,23,24). The van der Waals surface area contributed by atoms with Crippen molar-refractivity contribution in [2.75, 3.05) is 13.1 Å². The fourth-order valence-corrected chi connectivity index (χ4v) is 6.32. The quantitative estimate of drug-likeness (QED) is 0.401. The van der Waals surface area contributed by atoms with Gasteiger partial charge in [0.15, 0.2) is 0 Å². The zero-order valence-electron chi connectivity index (χ0n) is 15.6. The molecule has 30 heavy (non-hydrogen) atoms. The Kier molecular flexibility index (Phi) is 5.38. The molecule has 3 aromatic rings. The van der Waals surface area contributed by atoms with Crippen molar-refractivity contribution in [3.05, 3.63) is 42.5 Å². The van der Waals surface area contributed by atoms with Gasteiger partial charge in [0.05, 0.1) is 5.56 Å². The maximum atomic E-state index is 13.1. The summed E-state index contributed by atoms with van der Waals surface area (Å²) >= 11 is 0. The lowest BCUT2D eigenvalue weighted by Gasteiger charge is -2.18. The number of hydrogen-bond acceptors (Lipinski definition) is 8. The minimum absolute atomic E-state index is 0.0372. The highest BCUT2D eigenvalue weighted by Crippen LogP contribution is 2.38. The lowest BCUT2D eigenvalue weighted by molar-refractivity contribution is 0.555. The maximum absolute atomic E-state index is 13.1. The molecule has 1 aliphatic heterocycles. The van der Waals surface area contributed by atoms with Crippen LogP contribution in [0.2, 0.25) is 0 Å². The molecule has 0 radical (unpaired) electrons. The van der Waals surface area contributed by atoms with Crippen LogP contribution < -0.4 is 15.2 Å². The lowest BCUT2D eigenvalue weighted by atomic mass is 9.99. The molecule has 0 bridgehead atoms. The number of aromatic amines is 1. The van der Waals surface area contributed by atoms with Crippen LogP contribution in [0.25, 0.3) is 22.5 Å². The van der Waals surface area contributed by atoms with Gasteiger partial charge in [-0.3, -0.25) is 0 Å². The summed E-state index contributed by atoms with van der Waals surface area (Å²) in [5.41, 5.74) is 1.01. The highest BCUT2D eigenvalue weighted by Gasteiger charge is 2.33. The van der Waals surface area contributed by atoms with Gasteiger partial charge in [-0.15, -0.1) is 10.2 Å². The summed E-state index contributed by atoms with van der Waals surface area (Å²) < 4.78 is 54.0. The molecular weight excluding hydrogens is 430 g/mol. The summed E-state index contributed by atoms with van der Waals surface area (Å²) in [6, 6.07) is 11.2. The Morgan fingerprint density at radius 1 is 1.07 bits per heavy atom. The molecule has 1 aromatic heterocycles. The molecule has 11 nitrogen and oxygen atoms in total. The third-order valence-electron chi connectivity index (χ3n) is 4.73. The number of tetrazole rings is 1. The van der Waals surface area contributed by atoms with Gasteiger partial charge in [-0.25, -0.2) is 26.7 Å². The summed E-state index contributed by atoms with van der Waals surface area (Å²) in [7, 11) is -8.70. The number of primary sulfonamides is 1. The van der Waals surface area contributed by atoms with Crippen LogP contribution in [0.5, 0.6) is 0 Å². The molecule has 1 fully saturated rings. The molecule has 0 spiro atoms. The molecule has 0 amide bonds. The van der Waals surface area contributed by atoms with Crippen molar-refractivity contribution in [1.82, 2.24) is 30.7 Å². The van der Waals surface area contributed by atoms with Crippen molar-refractivity contribution < 1.29 is 16.8 Å². The predicted octanol–water partition coefficient (Wildman–Crippen LogP) is -0.179. The number of rotatable bonds is 6. The SMILES string of the molecule is NS(=O)(=O)c1c(S(=O)(=O)NC2CCNC2)ccc(-c2ccccc2)c1-c1nn[nH]n1. The van der Waals surface area contributed by atoms with E-state index in [0.717, 1.165) is 0 Å². The van der Waals surface area contributed by atoms with Crippen molar-refractivity contribution >= 4 is 20.0 Å². The van der Waals surface area contributed by atoms with Gasteiger partial charge in [0.1, 0.15) is 9.79 Å². The lowest BCUT2D eigenvalue weighted by Crippen LogP contribution is -2.37. The van der Waals surface area contributed by atoms with Crippen molar-refractivity contribution in [2.24, 2.45) is 5.14 Å². The maximum Gasteiger partial charge on any atom is 0.242 e. The van der Waals surface area contributed by atoms with Gasteiger partial charge < -0.3 is 5.32 Å². The van der Waals surface area contributed by atoms with Crippen LogP contribution in [0.3, 0.4) is 0 Å². The molecule has 158 valence electrons. The van der Waals surface area contributed by atoms with E-state index in [4.69, 9.17) is 5.14 Å². The largest absolute Gasteiger partial charge is 0.315 e. The van der Waals surface area contributed by atoms with Crippen molar-refractivity contribution in [2.45, 2.75) is 22.3 Å². The molecule has 0 aliphatic carbocycles. The number of nitrogens with two attached hydrogens (primary N) is 1. The zero-order valence-corrected chi connectivity index (χ0v) is 17.2. The topological polar surface area (TPSA) is 173 Å². The van der Waals surface area contributed by atoms with E-state index < -0.39 is 29.8 Å². The highest BCUT2D eigenvalue weighted by atomic mass is 32.2. The monoisotopic (exact) mass is 449 g/mol. The first-order valence-corrected chi connectivity index (χ1v) is 12.0. The van der Waals surface area contributed by atoms with Gasteiger partial charge in [-0.2, -0.15) is 5.21 Å². The number of nitrogens with one attached hydrogen (secondary N) is 3. The summed E-state index contributed by atoms with van der Waals surface area (Å²) in [5, 5.41) is 22.1. The molecule has 1 unspecified atom stereocenters. The van der Waals surface area contributed by atoms with Gasteiger partial charge in [-0.1, -0.05) is 36.4 Å². The number of H-pyrrole nitrogens is 1. The zero-order chi connectivity index (χ0) is 21.4. The Balaban J connectivity index is 2.00. The normalized spacial score (nSPS) is 17.3. The molecule has 1 aliphatic rings. The second-order valence-electron chi connectivity index (χ2n) is 6.77. The molecule has 13 heteroatoms. The van der Waals surface area contributed by atoms with E-state index in [9.17, 15) is 16.8 Å². The molecule has 0 saturated carbocycles. The Hall–Kier alpha value is -2.71. The Morgan fingerprint density at radius 3 is 2.43 bits per heavy atom. The summed E-state index contributed by atoms with van der Waals surface area (Å²) in [4.78, 5) is -1.04. The van der Waals surface area contributed by atoms with E-state index in [1.54, 1.807) is 30.3 Å². The Labute approximate surface area is 173 Å². The van der Waals surface area contributed by atoms with Gasteiger partial charge in [0.2, 0.25) is 25.9 Å². The molecule has 5 N–H and O–H groups in total. The first-order valence-electron chi connectivity index (χ1n) is 8.99. The van der Waals surface area contributed by atoms with Crippen LogP contribution in [-0.2, 0) is 20.0 Å².